The van der Waals surface area contributed by atoms with E-state index in [-0.39, 0.29) is 0 Å². The number of aryl methyl sites for hydroxylation is 1. The normalized spacial score (nSPS) is 10.3. The molecule has 0 bridgehead atoms. The second kappa shape index (κ2) is 3.34. The van der Waals surface area contributed by atoms with Gasteiger partial charge in [0.25, 0.3) is 0 Å². The fraction of sp³-hybridized carbons (Fsp3) is 0.100. The third-order valence-corrected chi connectivity index (χ3v) is 2.22. The van der Waals surface area contributed by atoms with Gasteiger partial charge in [0.2, 0.25) is 0 Å². The summed E-state index contributed by atoms with van der Waals surface area (Å²) < 4.78 is 6.43. The lowest BCUT2D eigenvalue weighted by molar-refractivity contribution is 0.534. The molecule has 1 heterocycles. The molecule has 2 rings (SSSR count). The van der Waals surface area contributed by atoms with Gasteiger partial charge in [-0.2, -0.15) is 0 Å². The first kappa shape index (κ1) is 8.51. The molecule has 0 fully saturated rings. The Kier molecular flexibility index (Phi) is 2.19. The summed E-state index contributed by atoms with van der Waals surface area (Å²) in [6.45, 7) is 1.83. The van der Waals surface area contributed by atoms with E-state index >= 15 is 0 Å². The summed E-state index contributed by atoms with van der Waals surface area (Å²) in [5.74, 6) is 1.49. The van der Waals surface area contributed by atoms with Crippen molar-refractivity contribution < 1.29 is 4.42 Å². The van der Waals surface area contributed by atoms with Crippen LogP contribution in [0.25, 0.3) is 11.3 Å². The Hall–Kier alpha value is -1.09. The quantitative estimate of drug-likeness (QED) is 0.760. The molecular formula is C10H8BrNO. The summed E-state index contributed by atoms with van der Waals surface area (Å²) in [6, 6.07) is 7.94. The average Bonchev–Trinajstić information content (AvgIpc) is 2.52. The zero-order valence-electron chi connectivity index (χ0n) is 7.12. The highest BCUT2D eigenvalue weighted by molar-refractivity contribution is 9.10. The maximum Gasteiger partial charge on any atom is 0.191 e. The number of nitrogens with zero attached hydrogens (tertiary/aromatic N) is 1. The molecule has 0 amide bonds. The van der Waals surface area contributed by atoms with E-state index in [2.05, 4.69) is 20.9 Å². The van der Waals surface area contributed by atoms with Gasteiger partial charge in [-0.1, -0.05) is 28.1 Å². The van der Waals surface area contributed by atoms with Gasteiger partial charge in [-0.05, 0) is 12.1 Å². The molecule has 0 aliphatic rings. The number of hydrogen-bond acceptors (Lipinski definition) is 2. The first-order valence-electron chi connectivity index (χ1n) is 3.94. The highest BCUT2D eigenvalue weighted by Crippen LogP contribution is 2.23. The van der Waals surface area contributed by atoms with Crippen LogP contribution in [0.2, 0.25) is 0 Å². The molecule has 3 heteroatoms. The van der Waals surface area contributed by atoms with Crippen molar-refractivity contribution in [2.24, 2.45) is 0 Å². The standard InChI is InChI=1S/C10H8BrNO/c1-7-12-6-10(13-7)8-3-2-4-9(11)5-8/h2-6H,1H3. The third-order valence-electron chi connectivity index (χ3n) is 1.73. The van der Waals surface area contributed by atoms with E-state index in [9.17, 15) is 0 Å². The Morgan fingerprint density at radius 2 is 2.23 bits per heavy atom. The van der Waals surface area contributed by atoms with Crippen LogP contribution < -0.4 is 0 Å². The number of oxazole rings is 1. The van der Waals surface area contributed by atoms with Crippen molar-refractivity contribution in [1.82, 2.24) is 4.98 Å². The highest BCUT2D eigenvalue weighted by atomic mass is 79.9. The molecule has 0 unspecified atom stereocenters. The zero-order valence-corrected chi connectivity index (χ0v) is 8.71. The largest absolute Gasteiger partial charge is 0.441 e. The summed E-state index contributed by atoms with van der Waals surface area (Å²) in [7, 11) is 0. The van der Waals surface area contributed by atoms with Gasteiger partial charge < -0.3 is 4.42 Å². The maximum absolute atomic E-state index is 5.39. The molecule has 0 atom stereocenters. The van der Waals surface area contributed by atoms with Crippen molar-refractivity contribution in [2.45, 2.75) is 6.92 Å². The lowest BCUT2D eigenvalue weighted by Gasteiger charge is -1.95. The molecule has 0 radical (unpaired) electrons. The van der Waals surface area contributed by atoms with Crippen LogP contribution in [-0.4, -0.2) is 4.98 Å². The van der Waals surface area contributed by atoms with Crippen LogP contribution in [0.3, 0.4) is 0 Å². The molecule has 0 aliphatic heterocycles. The van der Waals surface area contributed by atoms with Gasteiger partial charge in [0.05, 0.1) is 6.20 Å². The minimum absolute atomic E-state index is 0.690. The van der Waals surface area contributed by atoms with E-state index < -0.39 is 0 Å². The maximum atomic E-state index is 5.39. The number of hydrogen-bond donors (Lipinski definition) is 0. The predicted molar refractivity (Wildman–Crippen MR) is 54.4 cm³/mol. The van der Waals surface area contributed by atoms with E-state index in [0.717, 1.165) is 15.8 Å². The van der Waals surface area contributed by atoms with Gasteiger partial charge in [0, 0.05) is 17.0 Å². The molecule has 1 aromatic heterocycles. The first-order chi connectivity index (χ1) is 6.25. The van der Waals surface area contributed by atoms with Crippen LogP contribution in [0, 0.1) is 6.92 Å². The van der Waals surface area contributed by atoms with Crippen LogP contribution in [0.1, 0.15) is 5.89 Å². The van der Waals surface area contributed by atoms with Crippen molar-refractivity contribution in [3.05, 3.63) is 40.8 Å². The topological polar surface area (TPSA) is 26.0 Å². The lowest BCUT2D eigenvalue weighted by Crippen LogP contribution is -1.72. The third kappa shape index (κ3) is 1.80. The van der Waals surface area contributed by atoms with Gasteiger partial charge in [0.15, 0.2) is 11.7 Å². The molecule has 13 heavy (non-hydrogen) atoms. The minimum Gasteiger partial charge on any atom is -0.441 e. The van der Waals surface area contributed by atoms with Crippen LogP contribution >= 0.6 is 15.9 Å². The van der Waals surface area contributed by atoms with Crippen molar-refractivity contribution in [1.29, 1.82) is 0 Å². The molecule has 0 saturated heterocycles. The first-order valence-corrected chi connectivity index (χ1v) is 4.73. The minimum atomic E-state index is 0.690. The van der Waals surface area contributed by atoms with E-state index in [0.29, 0.717) is 5.89 Å². The van der Waals surface area contributed by atoms with Gasteiger partial charge in [-0.15, -0.1) is 0 Å². The van der Waals surface area contributed by atoms with Gasteiger partial charge in [0.1, 0.15) is 0 Å². The molecule has 66 valence electrons. The summed E-state index contributed by atoms with van der Waals surface area (Å²) >= 11 is 3.40. The van der Waals surface area contributed by atoms with Gasteiger partial charge >= 0.3 is 0 Å². The Morgan fingerprint density at radius 3 is 2.85 bits per heavy atom. The van der Waals surface area contributed by atoms with Crippen LogP contribution in [0.5, 0.6) is 0 Å². The van der Waals surface area contributed by atoms with E-state index in [4.69, 9.17) is 4.42 Å². The second-order valence-corrected chi connectivity index (χ2v) is 3.67. The zero-order chi connectivity index (χ0) is 9.26. The smallest absolute Gasteiger partial charge is 0.191 e. The number of rotatable bonds is 1. The van der Waals surface area contributed by atoms with Crippen molar-refractivity contribution in [3.63, 3.8) is 0 Å². The van der Waals surface area contributed by atoms with Crippen molar-refractivity contribution in [2.75, 3.05) is 0 Å². The SMILES string of the molecule is Cc1ncc(-c2cccc(Br)c2)o1. The molecular weight excluding hydrogens is 230 g/mol. The van der Waals surface area contributed by atoms with Crippen LogP contribution in [0.4, 0.5) is 0 Å². The lowest BCUT2D eigenvalue weighted by atomic mass is 10.2. The summed E-state index contributed by atoms with van der Waals surface area (Å²) in [5.41, 5.74) is 1.04. The summed E-state index contributed by atoms with van der Waals surface area (Å²) in [6.07, 6.45) is 1.73. The summed E-state index contributed by atoms with van der Waals surface area (Å²) in [5, 5.41) is 0. The van der Waals surface area contributed by atoms with Gasteiger partial charge in [-0.3, -0.25) is 0 Å². The number of halogens is 1. The molecule has 0 saturated carbocycles. The monoisotopic (exact) mass is 237 g/mol. The highest BCUT2D eigenvalue weighted by Gasteiger charge is 2.02. The molecule has 0 spiro atoms. The van der Waals surface area contributed by atoms with E-state index in [1.54, 1.807) is 6.20 Å². The Bertz CT molecular complexity index is 422. The molecule has 2 aromatic rings. The van der Waals surface area contributed by atoms with Crippen LogP contribution in [-0.2, 0) is 0 Å². The Labute approximate surface area is 84.7 Å². The molecule has 2 nitrogen and oxygen atoms in total. The van der Waals surface area contributed by atoms with Crippen LogP contribution in [0.15, 0.2) is 39.4 Å². The molecule has 1 aromatic carbocycles. The number of benzene rings is 1. The Balaban J connectivity index is 2.46. The van der Waals surface area contributed by atoms with Gasteiger partial charge in [-0.25, -0.2) is 4.98 Å². The van der Waals surface area contributed by atoms with E-state index in [1.807, 2.05) is 31.2 Å². The predicted octanol–water partition coefficient (Wildman–Crippen LogP) is 3.41. The summed E-state index contributed by atoms with van der Waals surface area (Å²) in [4.78, 5) is 4.04. The van der Waals surface area contributed by atoms with Crippen molar-refractivity contribution >= 4 is 15.9 Å². The number of aromatic nitrogens is 1. The fourth-order valence-electron chi connectivity index (χ4n) is 1.14. The fourth-order valence-corrected chi connectivity index (χ4v) is 1.54. The Morgan fingerprint density at radius 1 is 1.38 bits per heavy atom. The molecule has 0 aliphatic carbocycles. The van der Waals surface area contributed by atoms with Crippen molar-refractivity contribution in [3.8, 4) is 11.3 Å². The second-order valence-electron chi connectivity index (χ2n) is 2.75. The average molecular weight is 238 g/mol. The van der Waals surface area contributed by atoms with E-state index in [1.165, 1.54) is 0 Å². The molecule has 0 N–H and O–H groups in total.